The second-order valence-corrected chi connectivity index (χ2v) is 5.54. The number of anilines is 1. The number of benzene rings is 2. The van der Waals surface area contributed by atoms with Crippen molar-refractivity contribution in [1.82, 2.24) is 4.98 Å². The summed E-state index contributed by atoms with van der Waals surface area (Å²) in [5.74, 6) is -0.367. The quantitative estimate of drug-likeness (QED) is 0.754. The van der Waals surface area contributed by atoms with Crippen molar-refractivity contribution in [3.8, 4) is 5.75 Å². The van der Waals surface area contributed by atoms with E-state index < -0.39 is 0 Å². The van der Waals surface area contributed by atoms with Crippen molar-refractivity contribution in [2.75, 3.05) is 5.32 Å². The number of carbonyl (C=O) groups excluding carboxylic acids is 1. The molecular weight excluding hydrogens is 296 g/mol. The molecule has 0 fully saturated rings. The van der Waals surface area contributed by atoms with Gasteiger partial charge in [-0.2, -0.15) is 0 Å². The zero-order valence-corrected chi connectivity index (χ0v) is 11.7. The van der Waals surface area contributed by atoms with Gasteiger partial charge in [-0.05, 0) is 30.3 Å². The molecule has 0 bridgehead atoms. The van der Waals surface area contributed by atoms with Crippen LogP contribution in [0.4, 0.5) is 5.13 Å². The molecule has 0 atom stereocenters. The number of thiazole rings is 1. The maximum absolute atomic E-state index is 12.1. The number of aromatic nitrogens is 1. The Balaban J connectivity index is 1.86. The van der Waals surface area contributed by atoms with Crippen LogP contribution in [0.5, 0.6) is 5.75 Å². The highest BCUT2D eigenvalue weighted by atomic mass is 35.5. The Bertz CT molecular complexity index is 768. The van der Waals surface area contributed by atoms with Crippen LogP contribution in [0.25, 0.3) is 10.2 Å². The van der Waals surface area contributed by atoms with Crippen LogP contribution in [0.2, 0.25) is 5.02 Å². The van der Waals surface area contributed by atoms with Gasteiger partial charge in [0.25, 0.3) is 5.91 Å². The average molecular weight is 305 g/mol. The summed E-state index contributed by atoms with van der Waals surface area (Å²) in [5, 5.41) is 12.7. The number of carbonyl (C=O) groups is 1. The fourth-order valence-electron chi connectivity index (χ4n) is 1.74. The van der Waals surface area contributed by atoms with Crippen LogP contribution in [0.15, 0.2) is 42.5 Å². The van der Waals surface area contributed by atoms with Crippen LogP contribution < -0.4 is 5.32 Å². The van der Waals surface area contributed by atoms with Gasteiger partial charge < -0.3 is 5.11 Å². The Hall–Kier alpha value is -2.11. The molecule has 2 aromatic carbocycles. The van der Waals surface area contributed by atoms with Crippen molar-refractivity contribution < 1.29 is 9.90 Å². The first-order chi connectivity index (χ1) is 9.63. The molecule has 100 valence electrons. The second kappa shape index (κ2) is 5.11. The number of rotatable bonds is 2. The number of fused-ring (bicyclic) bond motifs is 1. The largest absolute Gasteiger partial charge is 0.506 e. The van der Waals surface area contributed by atoms with Gasteiger partial charge in [0.2, 0.25) is 0 Å². The van der Waals surface area contributed by atoms with E-state index in [2.05, 4.69) is 10.3 Å². The van der Waals surface area contributed by atoms with Crippen molar-refractivity contribution in [2.45, 2.75) is 0 Å². The number of phenolic OH excluding ortho intramolecular Hbond substituents is 1. The molecule has 3 aromatic rings. The summed E-state index contributed by atoms with van der Waals surface area (Å²) in [6.45, 7) is 0. The molecule has 4 nitrogen and oxygen atoms in total. The smallest absolute Gasteiger partial charge is 0.257 e. The molecule has 0 radical (unpaired) electrons. The number of nitrogens with zero attached hydrogens (tertiary/aromatic N) is 1. The highest BCUT2D eigenvalue weighted by Gasteiger charge is 2.11. The number of amides is 1. The van der Waals surface area contributed by atoms with Gasteiger partial charge in [0.1, 0.15) is 5.75 Å². The summed E-state index contributed by atoms with van der Waals surface area (Å²) in [5.41, 5.74) is 1.21. The highest BCUT2D eigenvalue weighted by Crippen LogP contribution is 2.27. The molecular formula is C14H9ClN2O2S. The van der Waals surface area contributed by atoms with Crippen molar-refractivity contribution in [3.05, 3.63) is 53.1 Å². The lowest BCUT2D eigenvalue weighted by Crippen LogP contribution is -2.11. The third-order valence-corrected chi connectivity index (χ3v) is 3.98. The molecule has 0 aliphatic carbocycles. The molecule has 0 unspecified atom stereocenters. The monoisotopic (exact) mass is 304 g/mol. The van der Waals surface area contributed by atoms with E-state index in [4.69, 9.17) is 11.6 Å². The first-order valence-electron chi connectivity index (χ1n) is 5.79. The van der Waals surface area contributed by atoms with Gasteiger partial charge in [0.05, 0.1) is 15.2 Å². The Labute approximate surface area is 123 Å². The van der Waals surface area contributed by atoms with E-state index in [0.717, 1.165) is 10.2 Å². The van der Waals surface area contributed by atoms with Gasteiger partial charge in [-0.3, -0.25) is 10.1 Å². The van der Waals surface area contributed by atoms with Gasteiger partial charge in [-0.15, -0.1) is 0 Å². The van der Waals surface area contributed by atoms with E-state index in [1.54, 1.807) is 0 Å². The summed E-state index contributed by atoms with van der Waals surface area (Å²) in [4.78, 5) is 16.4. The molecule has 3 rings (SSSR count). The number of aromatic hydroxyl groups is 1. The molecule has 1 amide bonds. The van der Waals surface area contributed by atoms with Crippen LogP contribution in [-0.4, -0.2) is 16.0 Å². The summed E-state index contributed by atoms with van der Waals surface area (Å²) in [6.07, 6.45) is 0. The van der Waals surface area contributed by atoms with Gasteiger partial charge in [0.15, 0.2) is 5.13 Å². The predicted octanol–water partition coefficient (Wildman–Crippen LogP) is 3.91. The van der Waals surface area contributed by atoms with E-state index in [-0.39, 0.29) is 16.7 Å². The number of hydrogen-bond acceptors (Lipinski definition) is 4. The van der Waals surface area contributed by atoms with Crippen LogP contribution in [0, 0.1) is 0 Å². The fourth-order valence-corrected chi connectivity index (χ4v) is 2.78. The van der Waals surface area contributed by atoms with Crippen LogP contribution in [0.1, 0.15) is 10.4 Å². The van der Waals surface area contributed by atoms with E-state index in [9.17, 15) is 9.90 Å². The molecule has 0 saturated heterocycles. The first-order valence-corrected chi connectivity index (χ1v) is 6.98. The van der Waals surface area contributed by atoms with Gasteiger partial charge in [-0.25, -0.2) is 4.98 Å². The second-order valence-electron chi connectivity index (χ2n) is 4.11. The van der Waals surface area contributed by atoms with E-state index in [1.165, 1.54) is 29.5 Å². The molecule has 0 spiro atoms. The standard InChI is InChI=1S/C14H9ClN2O2S/c15-9-7-8(5-6-11(9)18)13(19)17-14-16-10-3-1-2-4-12(10)20-14/h1-7,18H,(H,16,17,19). The summed E-state index contributed by atoms with van der Waals surface area (Å²) in [7, 11) is 0. The molecule has 1 aromatic heterocycles. The van der Waals surface area contributed by atoms with Crippen molar-refractivity contribution in [2.24, 2.45) is 0 Å². The SMILES string of the molecule is O=C(Nc1nc2ccccc2s1)c1ccc(O)c(Cl)c1. The lowest BCUT2D eigenvalue weighted by atomic mass is 10.2. The molecule has 2 N–H and O–H groups in total. The zero-order chi connectivity index (χ0) is 14.1. The maximum Gasteiger partial charge on any atom is 0.257 e. The lowest BCUT2D eigenvalue weighted by molar-refractivity contribution is 0.102. The first kappa shape index (κ1) is 12.9. The van der Waals surface area contributed by atoms with Crippen molar-refractivity contribution in [3.63, 3.8) is 0 Å². The van der Waals surface area contributed by atoms with Crippen LogP contribution >= 0.6 is 22.9 Å². The Morgan fingerprint density at radius 1 is 1.25 bits per heavy atom. The number of halogens is 1. The number of hydrogen-bond donors (Lipinski definition) is 2. The minimum absolute atomic E-state index is 0.0526. The number of para-hydroxylation sites is 1. The fraction of sp³-hybridized carbons (Fsp3) is 0. The maximum atomic E-state index is 12.1. The molecule has 6 heteroatoms. The topological polar surface area (TPSA) is 62.2 Å². The minimum atomic E-state index is -0.314. The van der Waals surface area contributed by atoms with Gasteiger partial charge >= 0.3 is 0 Å². The Morgan fingerprint density at radius 2 is 2.05 bits per heavy atom. The Kier molecular flexibility index (Phi) is 3.30. The zero-order valence-electron chi connectivity index (χ0n) is 10.1. The molecule has 0 aliphatic heterocycles. The van der Waals surface area contributed by atoms with E-state index in [1.807, 2.05) is 24.3 Å². The minimum Gasteiger partial charge on any atom is -0.506 e. The Morgan fingerprint density at radius 3 is 2.80 bits per heavy atom. The molecule has 0 saturated carbocycles. The van der Waals surface area contributed by atoms with Gasteiger partial charge in [-0.1, -0.05) is 35.1 Å². The van der Waals surface area contributed by atoms with Crippen LogP contribution in [0.3, 0.4) is 0 Å². The molecule has 0 aliphatic rings. The number of phenols is 1. The molecule has 1 heterocycles. The van der Waals surface area contributed by atoms with Crippen LogP contribution in [-0.2, 0) is 0 Å². The summed E-state index contributed by atoms with van der Waals surface area (Å²) < 4.78 is 1.01. The highest BCUT2D eigenvalue weighted by molar-refractivity contribution is 7.22. The van der Waals surface area contributed by atoms with E-state index >= 15 is 0 Å². The summed E-state index contributed by atoms with van der Waals surface area (Å²) in [6, 6.07) is 12.0. The predicted molar refractivity (Wildman–Crippen MR) is 80.7 cm³/mol. The number of nitrogens with one attached hydrogen (secondary N) is 1. The third-order valence-electron chi connectivity index (χ3n) is 2.72. The normalized spacial score (nSPS) is 10.7. The summed E-state index contributed by atoms with van der Waals surface area (Å²) >= 11 is 7.18. The van der Waals surface area contributed by atoms with E-state index in [0.29, 0.717) is 10.7 Å². The third kappa shape index (κ3) is 2.45. The lowest BCUT2D eigenvalue weighted by Gasteiger charge is -2.03. The van der Waals surface area contributed by atoms with Crippen molar-refractivity contribution in [1.29, 1.82) is 0 Å². The average Bonchev–Trinajstić information content (AvgIpc) is 2.83. The van der Waals surface area contributed by atoms with Gasteiger partial charge in [0, 0.05) is 5.56 Å². The molecule has 20 heavy (non-hydrogen) atoms. The van der Waals surface area contributed by atoms with Crippen molar-refractivity contribution >= 4 is 44.2 Å².